The Balaban J connectivity index is 2.35. The molecule has 0 spiro atoms. The van der Waals surface area contributed by atoms with Gasteiger partial charge in [-0.1, -0.05) is 26.2 Å². The van der Waals surface area contributed by atoms with Crippen molar-refractivity contribution in [1.29, 1.82) is 0 Å². The molecule has 3 nitrogen and oxygen atoms in total. The third-order valence-electron chi connectivity index (χ3n) is 2.74. The molecular formula is C11H18O3. The second-order valence-corrected chi connectivity index (χ2v) is 4.12. The number of cyclic esters (lactones) is 1. The average Bonchev–Trinajstić information content (AvgIpc) is 2.36. The predicted molar refractivity (Wildman–Crippen MR) is 52.9 cm³/mol. The fourth-order valence-electron chi connectivity index (χ4n) is 1.74. The Morgan fingerprint density at radius 1 is 1.29 bits per heavy atom. The van der Waals surface area contributed by atoms with Crippen LogP contribution in [-0.2, 0) is 14.3 Å². The first-order valence-corrected chi connectivity index (χ1v) is 5.33. The number of rotatable bonds is 5. The molecule has 1 aliphatic rings. The zero-order valence-corrected chi connectivity index (χ0v) is 8.97. The molecule has 0 aromatic rings. The monoisotopic (exact) mass is 198 g/mol. The zero-order chi connectivity index (χ0) is 10.6. The minimum atomic E-state index is -0.815. The summed E-state index contributed by atoms with van der Waals surface area (Å²) in [6.07, 6.45) is 5.06. The molecule has 1 rings (SSSR count). The molecule has 1 saturated heterocycles. The first-order valence-electron chi connectivity index (χ1n) is 5.33. The van der Waals surface area contributed by atoms with Crippen molar-refractivity contribution in [2.45, 2.75) is 58.0 Å². The van der Waals surface area contributed by atoms with Gasteiger partial charge in [0.25, 0.3) is 0 Å². The second-order valence-electron chi connectivity index (χ2n) is 4.12. The number of carbonyl (C=O) groups excluding carboxylic acids is 2. The van der Waals surface area contributed by atoms with Crippen molar-refractivity contribution in [2.75, 3.05) is 0 Å². The van der Waals surface area contributed by atoms with Gasteiger partial charge in [0.1, 0.15) is 6.42 Å². The van der Waals surface area contributed by atoms with E-state index in [0.717, 1.165) is 12.8 Å². The van der Waals surface area contributed by atoms with Crippen molar-refractivity contribution < 1.29 is 14.3 Å². The molecule has 0 bridgehead atoms. The molecule has 3 heteroatoms. The summed E-state index contributed by atoms with van der Waals surface area (Å²) in [5.41, 5.74) is -0.815. The SMILES string of the molecule is CCCCCCC1(C)OC(=O)CC1=O. The summed E-state index contributed by atoms with van der Waals surface area (Å²) in [7, 11) is 0. The molecule has 80 valence electrons. The van der Waals surface area contributed by atoms with Crippen molar-refractivity contribution in [3.63, 3.8) is 0 Å². The Labute approximate surface area is 84.8 Å². The third kappa shape index (κ3) is 2.56. The molecular weight excluding hydrogens is 180 g/mol. The number of ether oxygens (including phenoxy) is 1. The molecule has 1 fully saturated rings. The minimum Gasteiger partial charge on any atom is -0.451 e. The summed E-state index contributed by atoms with van der Waals surface area (Å²) < 4.78 is 5.05. The quantitative estimate of drug-likeness (QED) is 0.386. The summed E-state index contributed by atoms with van der Waals surface area (Å²) in [4.78, 5) is 22.3. The Morgan fingerprint density at radius 2 is 2.00 bits per heavy atom. The Morgan fingerprint density at radius 3 is 2.50 bits per heavy atom. The highest BCUT2D eigenvalue weighted by atomic mass is 16.6. The van der Waals surface area contributed by atoms with Crippen LogP contribution in [0.2, 0.25) is 0 Å². The van der Waals surface area contributed by atoms with Crippen LogP contribution < -0.4 is 0 Å². The summed E-state index contributed by atoms with van der Waals surface area (Å²) >= 11 is 0. The number of unbranched alkanes of at least 4 members (excludes halogenated alkanes) is 3. The zero-order valence-electron chi connectivity index (χ0n) is 8.97. The van der Waals surface area contributed by atoms with Crippen molar-refractivity contribution in [1.82, 2.24) is 0 Å². The minimum absolute atomic E-state index is 0.0374. The van der Waals surface area contributed by atoms with E-state index in [1.807, 2.05) is 0 Å². The van der Waals surface area contributed by atoms with Crippen LogP contribution in [0, 0.1) is 0 Å². The molecule has 1 atom stereocenters. The predicted octanol–water partition coefficient (Wildman–Crippen LogP) is 2.23. The van der Waals surface area contributed by atoms with E-state index in [2.05, 4.69) is 6.92 Å². The number of Topliss-reactive ketones (excluding diaryl/α,β-unsaturated/α-hetero) is 1. The molecule has 1 heterocycles. The van der Waals surface area contributed by atoms with Crippen LogP contribution in [0.5, 0.6) is 0 Å². The van der Waals surface area contributed by atoms with E-state index in [1.165, 1.54) is 12.8 Å². The molecule has 14 heavy (non-hydrogen) atoms. The lowest BCUT2D eigenvalue weighted by atomic mass is 9.94. The first kappa shape index (κ1) is 11.2. The van der Waals surface area contributed by atoms with E-state index >= 15 is 0 Å². The van der Waals surface area contributed by atoms with Crippen LogP contribution in [0.15, 0.2) is 0 Å². The van der Waals surface area contributed by atoms with Crippen molar-refractivity contribution in [3.05, 3.63) is 0 Å². The third-order valence-corrected chi connectivity index (χ3v) is 2.74. The van der Waals surface area contributed by atoms with Crippen LogP contribution in [0.25, 0.3) is 0 Å². The lowest BCUT2D eigenvalue weighted by Gasteiger charge is -2.20. The van der Waals surface area contributed by atoms with Crippen LogP contribution in [0.3, 0.4) is 0 Å². The second kappa shape index (κ2) is 4.58. The highest BCUT2D eigenvalue weighted by molar-refractivity contribution is 6.05. The van der Waals surface area contributed by atoms with Gasteiger partial charge in [-0.05, 0) is 19.8 Å². The molecule has 0 aliphatic carbocycles. The van der Waals surface area contributed by atoms with E-state index < -0.39 is 5.60 Å². The van der Waals surface area contributed by atoms with Gasteiger partial charge >= 0.3 is 5.97 Å². The molecule has 0 radical (unpaired) electrons. The molecule has 0 aromatic heterocycles. The summed E-state index contributed by atoms with van der Waals surface area (Å²) in [5.74, 6) is -0.424. The molecule has 1 aliphatic heterocycles. The van der Waals surface area contributed by atoms with Gasteiger partial charge in [0.05, 0.1) is 0 Å². The van der Waals surface area contributed by atoms with Gasteiger partial charge in [0.2, 0.25) is 0 Å². The first-order chi connectivity index (χ1) is 6.58. The van der Waals surface area contributed by atoms with Gasteiger partial charge in [-0.25, -0.2) is 0 Å². The number of hydrogen-bond acceptors (Lipinski definition) is 3. The molecule has 0 N–H and O–H groups in total. The smallest absolute Gasteiger partial charge is 0.314 e. The van der Waals surface area contributed by atoms with Gasteiger partial charge in [0.15, 0.2) is 11.4 Å². The topological polar surface area (TPSA) is 43.4 Å². The van der Waals surface area contributed by atoms with Crippen molar-refractivity contribution in [2.24, 2.45) is 0 Å². The number of hydrogen-bond donors (Lipinski definition) is 0. The van der Waals surface area contributed by atoms with Crippen LogP contribution in [0.1, 0.15) is 52.4 Å². The van der Waals surface area contributed by atoms with Crippen LogP contribution >= 0.6 is 0 Å². The number of esters is 1. The van der Waals surface area contributed by atoms with E-state index in [-0.39, 0.29) is 18.2 Å². The lowest BCUT2D eigenvalue weighted by Crippen LogP contribution is -2.31. The Bertz CT molecular complexity index is 235. The molecule has 0 saturated carbocycles. The highest BCUT2D eigenvalue weighted by Crippen LogP contribution is 2.28. The summed E-state index contributed by atoms with van der Waals surface area (Å²) in [5, 5.41) is 0. The maximum Gasteiger partial charge on any atom is 0.314 e. The molecule has 0 aromatic carbocycles. The Hall–Kier alpha value is -0.860. The fourth-order valence-corrected chi connectivity index (χ4v) is 1.74. The average molecular weight is 198 g/mol. The van der Waals surface area contributed by atoms with Crippen molar-refractivity contribution >= 4 is 11.8 Å². The maximum atomic E-state index is 11.4. The molecule has 1 unspecified atom stereocenters. The van der Waals surface area contributed by atoms with Gasteiger partial charge in [0, 0.05) is 0 Å². The van der Waals surface area contributed by atoms with Gasteiger partial charge in [-0.2, -0.15) is 0 Å². The van der Waals surface area contributed by atoms with Gasteiger partial charge in [-0.15, -0.1) is 0 Å². The Kier molecular flexibility index (Phi) is 3.67. The van der Waals surface area contributed by atoms with Crippen molar-refractivity contribution in [3.8, 4) is 0 Å². The summed E-state index contributed by atoms with van der Waals surface area (Å²) in [6.45, 7) is 3.87. The highest BCUT2D eigenvalue weighted by Gasteiger charge is 2.43. The maximum absolute atomic E-state index is 11.4. The lowest BCUT2D eigenvalue weighted by molar-refractivity contribution is -0.150. The van der Waals surface area contributed by atoms with E-state index in [4.69, 9.17) is 4.74 Å². The van der Waals surface area contributed by atoms with Gasteiger partial charge < -0.3 is 4.74 Å². The van der Waals surface area contributed by atoms with Gasteiger partial charge in [-0.3, -0.25) is 9.59 Å². The normalized spacial score (nSPS) is 26.7. The number of ketones is 1. The van der Waals surface area contributed by atoms with E-state index in [0.29, 0.717) is 6.42 Å². The largest absolute Gasteiger partial charge is 0.451 e. The standard InChI is InChI=1S/C11H18O3/c1-3-4-5-6-7-11(2)9(12)8-10(13)14-11/h3-8H2,1-2H3. The summed E-state index contributed by atoms with van der Waals surface area (Å²) in [6, 6.07) is 0. The number of carbonyl (C=O) groups is 2. The molecule has 0 amide bonds. The van der Waals surface area contributed by atoms with Crippen LogP contribution in [-0.4, -0.2) is 17.4 Å². The van der Waals surface area contributed by atoms with Crippen LogP contribution in [0.4, 0.5) is 0 Å². The van der Waals surface area contributed by atoms with E-state index in [1.54, 1.807) is 6.92 Å². The van der Waals surface area contributed by atoms with E-state index in [9.17, 15) is 9.59 Å². The fraction of sp³-hybridized carbons (Fsp3) is 0.818.